The molecule has 0 bridgehead atoms. The lowest BCUT2D eigenvalue weighted by Gasteiger charge is -2.19. The van der Waals surface area contributed by atoms with Crippen LogP contribution in [0, 0.1) is 0 Å². The van der Waals surface area contributed by atoms with Crippen molar-refractivity contribution < 1.29 is 14.3 Å². The van der Waals surface area contributed by atoms with Gasteiger partial charge >= 0.3 is 5.97 Å². The Morgan fingerprint density at radius 2 is 2.05 bits per heavy atom. The van der Waals surface area contributed by atoms with E-state index in [1.54, 1.807) is 33.9 Å². The number of ether oxygens (including phenoxy) is 1. The van der Waals surface area contributed by atoms with Crippen LogP contribution in [0.25, 0.3) is 10.9 Å². The van der Waals surface area contributed by atoms with E-state index in [9.17, 15) is 9.59 Å². The Kier molecular flexibility index (Phi) is 4.55. The van der Waals surface area contributed by atoms with Crippen LogP contribution >= 0.6 is 15.9 Å². The van der Waals surface area contributed by atoms with Gasteiger partial charge in [0, 0.05) is 16.9 Å². The number of halogens is 1. The molecule has 0 saturated heterocycles. The summed E-state index contributed by atoms with van der Waals surface area (Å²) in [6.07, 6.45) is 0. The molecule has 0 atom stereocenters. The first-order valence-electron chi connectivity index (χ1n) is 6.81. The van der Waals surface area contributed by atoms with Crippen LogP contribution in [0.3, 0.4) is 0 Å². The first-order valence-corrected chi connectivity index (χ1v) is 7.60. The highest BCUT2D eigenvalue weighted by atomic mass is 79.9. The molecule has 0 saturated carbocycles. The highest BCUT2D eigenvalue weighted by molar-refractivity contribution is 9.10. The van der Waals surface area contributed by atoms with Crippen LogP contribution in [0.1, 0.15) is 31.3 Å². The molecule has 0 spiro atoms. The van der Waals surface area contributed by atoms with Gasteiger partial charge in [0.05, 0.1) is 5.52 Å². The lowest BCUT2D eigenvalue weighted by molar-refractivity contribution is -0.155. The van der Waals surface area contributed by atoms with E-state index in [0.717, 1.165) is 4.47 Å². The summed E-state index contributed by atoms with van der Waals surface area (Å²) in [5.41, 5.74) is 0.419. The lowest BCUT2D eigenvalue weighted by Crippen LogP contribution is -2.27. The molecular weight excluding hydrogens is 350 g/mol. The van der Waals surface area contributed by atoms with Gasteiger partial charge in [-0.3, -0.25) is 14.3 Å². The average Bonchev–Trinajstić information content (AvgIpc) is 2.73. The maximum Gasteiger partial charge on any atom is 0.328 e. The van der Waals surface area contributed by atoms with E-state index in [2.05, 4.69) is 26.3 Å². The van der Waals surface area contributed by atoms with Crippen molar-refractivity contribution in [2.75, 3.05) is 7.05 Å². The molecule has 1 aromatic carbocycles. The van der Waals surface area contributed by atoms with Gasteiger partial charge in [-0.1, -0.05) is 15.9 Å². The number of rotatable bonds is 3. The van der Waals surface area contributed by atoms with Crippen molar-refractivity contribution in [1.29, 1.82) is 0 Å². The van der Waals surface area contributed by atoms with Gasteiger partial charge in [-0.25, -0.2) is 0 Å². The van der Waals surface area contributed by atoms with E-state index in [-0.39, 0.29) is 18.1 Å². The van der Waals surface area contributed by atoms with E-state index in [4.69, 9.17) is 4.74 Å². The van der Waals surface area contributed by atoms with Gasteiger partial charge in [0.2, 0.25) is 0 Å². The second-order valence-electron chi connectivity index (χ2n) is 5.83. The third-order valence-corrected chi connectivity index (χ3v) is 3.35. The second kappa shape index (κ2) is 6.08. The summed E-state index contributed by atoms with van der Waals surface area (Å²) in [5, 5.41) is 7.48. The largest absolute Gasteiger partial charge is 0.459 e. The number of aromatic nitrogens is 2. The third kappa shape index (κ3) is 3.65. The number of carbonyl (C=O) groups is 2. The van der Waals surface area contributed by atoms with Gasteiger partial charge < -0.3 is 10.1 Å². The van der Waals surface area contributed by atoms with Crippen molar-refractivity contribution >= 4 is 38.7 Å². The SMILES string of the molecule is CNC(=O)c1nn(CC(=O)OC(C)(C)C)c2ccc(Br)cc12. The summed E-state index contributed by atoms with van der Waals surface area (Å²) in [5.74, 6) is -0.700. The Morgan fingerprint density at radius 3 is 2.64 bits per heavy atom. The molecule has 1 heterocycles. The van der Waals surface area contributed by atoms with Crippen molar-refractivity contribution in [2.45, 2.75) is 32.9 Å². The number of esters is 1. The van der Waals surface area contributed by atoms with Gasteiger partial charge in [0.25, 0.3) is 5.91 Å². The van der Waals surface area contributed by atoms with Crippen LogP contribution in [0.2, 0.25) is 0 Å². The minimum absolute atomic E-state index is 0.0492. The average molecular weight is 368 g/mol. The molecule has 0 fully saturated rings. The quantitative estimate of drug-likeness (QED) is 0.845. The van der Waals surface area contributed by atoms with Gasteiger partial charge in [0.15, 0.2) is 5.69 Å². The molecule has 22 heavy (non-hydrogen) atoms. The van der Waals surface area contributed by atoms with Gasteiger partial charge in [-0.15, -0.1) is 0 Å². The zero-order chi connectivity index (χ0) is 16.5. The highest BCUT2D eigenvalue weighted by Crippen LogP contribution is 2.23. The van der Waals surface area contributed by atoms with E-state index in [0.29, 0.717) is 10.9 Å². The van der Waals surface area contributed by atoms with Crippen LogP contribution in [-0.4, -0.2) is 34.3 Å². The molecule has 2 aromatic rings. The van der Waals surface area contributed by atoms with Crippen LogP contribution < -0.4 is 5.32 Å². The smallest absolute Gasteiger partial charge is 0.328 e. The van der Waals surface area contributed by atoms with Crippen molar-refractivity contribution in [1.82, 2.24) is 15.1 Å². The molecule has 118 valence electrons. The van der Waals surface area contributed by atoms with Gasteiger partial charge in [0.1, 0.15) is 12.1 Å². The Labute approximate surface area is 136 Å². The summed E-state index contributed by atoms with van der Waals surface area (Å²) in [4.78, 5) is 23.9. The summed E-state index contributed by atoms with van der Waals surface area (Å²) >= 11 is 3.38. The van der Waals surface area contributed by atoms with E-state index < -0.39 is 11.6 Å². The first kappa shape index (κ1) is 16.5. The molecule has 1 N–H and O–H groups in total. The Morgan fingerprint density at radius 1 is 1.36 bits per heavy atom. The highest BCUT2D eigenvalue weighted by Gasteiger charge is 2.21. The fourth-order valence-electron chi connectivity index (χ4n) is 2.05. The Hall–Kier alpha value is -1.89. The molecule has 1 amide bonds. The molecule has 0 aliphatic carbocycles. The number of benzene rings is 1. The normalized spacial score (nSPS) is 11.5. The standard InChI is InChI=1S/C15H18BrN3O3/c1-15(2,3)22-12(20)8-19-11-6-5-9(16)7-10(11)13(18-19)14(21)17-4/h5-7H,8H2,1-4H3,(H,17,21). The van der Waals surface area contributed by atoms with Gasteiger partial charge in [-0.05, 0) is 39.0 Å². The summed E-state index contributed by atoms with van der Waals surface area (Å²) in [6.45, 7) is 5.36. The minimum Gasteiger partial charge on any atom is -0.459 e. The van der Waals surface area contributed by atoms with Crippen LogP contribution in [-0.2, 0) is 16.1 Å². The van der Waals surface area contributed by atoms with Crippen LogP contribution in [0.15, 0.2) is 22.7 Å². The molecule has 0 aliphatic rings. The summed E-state index contributed by atoms with van der Waals surface area (Å²) < 4.78 is 7.62. The Bertz CT molecular complexity index is 731. The maximum atomic E-state index is 12.0. The van der Waals surface area contributed by atoms with Crippen molar-refractivity contribution in [3.63, 3.8) is 0 Å². The van der Waals surface area contributed by atoms with E-state index in [1.165, 1.54) is 4.68 Å². The van der Waals surface area contributed by atoms with Crippen molar-refractivity contribution in [3.8, 4) is 0 Å². The number of hydrogen-bond acceptors (Lipinski definition) is 4. The fourth-order valence-corrected chi connectivity index (χ4v) is 2.42. The van der Waals surface area contributed by atoms with Crippen molar-refractivity contribution in [3.05, 3.63) is 28.4 Å². The zero-order valence-electron chi connectivity index (χ0n) is 12.9. The lowest BCUT2D eigenvalue weighted by atomic mass is 10.2. The van der Waals surface area contributed by atoms with E-state index in [1.807, 2.05) is 12.1 Å². The minimum atomic E-state index is -0.563. The summed E-state index contributed by atoms with van der Waals surface area (Å²) in [6, 6.07) is 5.45. The van der Waals surface area contributed by atoms with Crippen LogP contribution in [0.4, 0.5) is 0 Å². The topological polar surface area (TPSA) is 73.2 Å². The molecule has 0 aliphatic heterocycles. The Balaban J connectivity index is 2.42. The fraction of sp³-hybridized carbons (Fsp3) is 0.400. The zero-order valence-corrected chi connectivity index (χ0v) is 14.5. The third-order valence-electron chi connectivity index (χ3n) is 2.85. The number of nitrogens with zero attached hydrogens (tertiary/aromatic N) is 2. The maximum absolute atomic E-state index is 12.0. The number of carbonyl (C=O) groups excluding carboxylic acids is 2. The predicted molar refractivity (Wildman–Crippen MR) is 86.7 cm³/mol. The molecule has 0 radical (unpaired) electrons. The monoisotopic (exact) mass is 367 g/mol. The number of nitrogens with one attached hydrogen (secondary N) is 1. The molecule has 1 aromatic heterocycles. The molecule has 6 nitrogen and oxygen atoms in total. The number of amides is 1. The van der Waals surface area contributed by atoms with E-state index >= 15 is 0 Å². The number of fused-ring (bicyclic) bond motifs is 1. The second-order valence-corrected chi connectivity index (χ2v) is 6.75. The summed E-state index contributed by atoms with van der Waals surface area (Å²) in [7, 11) is 1.54. The molecule has 0 unspecified atom stereocenters. The molecule has 7 heteroatoms. The number of hydrogen-bond donors (Lipinski definition) is 1. The van der Waals surface area contributed by atoms with Crippen molar-refractivity contribution in [2.24, 2.45) is 0 Å². The molecular formula is C15H18BrN3O3. The van der Waals surface area contributed by atoms with Crippen LogP contribution in [0.5, 0.6) is 0 Å². The first-order chi connectivity index (χ1) is 10.2. The van der Waals surface area contributed by atoms with Gasteiger partial charge in [-0.2, -0.15) is 5.10 Å². The molecule has 2 rings (SSSR count). The predicted octanol–water partition coefficient (Wildman–Crippen LogP) is 2.50.